The van der Waals surface area contributed by atoms with E-state index in [9.17, 15) is 26.7 Å². The largest absolute Gasteiger partial charge is 0.478 e. The molecule has 1 aromatic rings. The van der Waals surface area contributed by atoms with Crippen LogP contribution in [-0.4, -0.2) is 31.1 Å². The second kappa shape index (κ2) is 6.55. The van der Waals surface area contributed by atoms with Crippen molar-refractivity contribution in [1.29, 1.82) is 0 Å². The van der Waals surface area contributed by atoms with Gasteiger partial charge in [-0.15, -0.1) is 0 Å². The van der Waals surface area contributed by atoms with Crippen molar-refractivity contribution in [1.82, 2.24) is 0 Å². The van der Waals surface area contributed by atoms with Gasteiger partial charge in [0.05, 0.1) is 12.1 Å². The number of hydrogen-bond acceptors (Lipinski definition) is 2. The van der Waals surface area contributed by atoms with Crippen LogP contribution in [0.15, 0.2) is 24.3 Å². The van der Waals surface area contributed by atoms with Gasteiger partial charge < -0.3 is 10.0 Å². The van der Waals surface area contributed by atoms with Crippen LogP contribution in [0.1, 0.15) is 11.1 Å². The Kier molecular flexibility index (Phi) is 5.28. The van der Waals surface area contributed by atoms with Gasteiger partial charge in [-0.05, 0) is 23.8 Å². The highest BCUT2D eigenvalue weighted by molar-refractivity contribution is 5.85. The van der Waals surface area contributed by atoms with Crippen LogP contribution in [0.5, 0.6) is 0 Å². The minimum Gasteiger partial charge on any atom is -0.478 e. The quantitative estimate of drug-likeness (QED) is 0.668. The van der Waals surface area contributed by atoms with Crippen LogP contribution in [0, 0.1) is 0 Å². The first kappa shape index (κ1) is 16.9. The van der Waals surface area contributed by atoms with Crippen molar-refractivity contribution in [3.63, 3.8) is 0 Å². The van der Waals surface area contributed by atoms with Crippen LogP contribution in [0.2, 0.25) is 0 Å². The zero-order chi connectivity index (χ0) is 16.2. The normalized spacial score (nSPS) is 12.1. The van der Waals surface area contributed by atoms with E-state index in [-0.39, 0.29) is 5.56 Å². The molecule has 1 rings (SSSR count). The molecule has 0 fully saturated rings. The molecule has 1 N–H and O–H groups in total. The Morgan fingerprint density at radius 2 is 2.00 bits per heavy atom. The maximum Gasteiger partial charge on any atom is 0.418 e. The highest BCUT2D eigenvalue weighted by Crippen LogP contribution is 2.37. The molecule has 0 radical (unpaired) electrons. The monoisotopic (exact) mass is 309 g/mol. The average Bonchev–Trinajstić information content (AvgIpc) is 2.34. The van der Waals surface area contributed by atoms with E-state index in [4.69, 9.17) is 5.11 Å². The number of carboxylic acids is 1. The van der Waals surface area contributed by atoms with Crippen molar-refractivity contribution in [3.05, 3.63) is 35.4 Å². The molecule has 8 heteroatoms. The molecule has 3 nitrogen and oxygen atoms in total. The van der Waals surface area contributed by atoms with Crippen molar-refractivity contribution in [3.8, 4) is 0 Å². The fourth-order valence-electron chi connectivity index (χ4n) is 1.69. The third-order valence-corrected chi connectivity index (χ3v) is 2.57. The Morgan fingerprint density at radius 1 is 1.38 bits per heavy atom. The Bertz CT molecular complexity index is 540. The van der Waals surface area contributed by atoms with Crippen LogP contribution < -0.4 is 4.90 Å². The SMILES string of the molecule is CN(CC(F)F)c1ccc(/C=C/C(=O)O)cc1C(F)(F)F. The maximum atomic E-state index is 13.0. The van der Waals surface area contributed by atoms with Gasteiger partial charge in [-0.2, -0.15) is 13.2 Å². The Labute approximate surface area is 117 Å². The molecule has 1 aromatic carbocycles. The fourth-order valence-corrected chi connectivity index (χ4v) is 1.69. The van der Waals surface area contributed by atoms with E-state index in [1.165, 1.54) is 6.07 Å². The summed E-state index contributed by atoms with van der Waals surface area (Å²) in [5.41, 5.74) is -1.48. The predicted octanol–water partition coefficient (Wildman–Crippen LogP) is 3.50. The van der Waals surface area contributed by atoms with Crippen LogP contribution in [-0.2, 0) is 11.0 Å². The first-order chi connectivity index (χ1) is 9.61. The number of alkyl halides is 5. The lowest BCUT2D eigenvalue weighted by atomic mass is 10.1. The van der Waals surface area contributed by atoms with Gasteiger partial charge in [-0.3, -0.25) is 0 Å². The van der Waals surface area contributed by atoms with Gasteiger partial charge in [0.15, 0.2) is 0 Å². The summed E-state index contributed by atoms with van der Waals surface area (Å²) in [5.74, 6) is -1.30. The summed E-state index contributed by atoms with van der Waals surface area (Å²) < 4.78 is 63.5. The smallest absolute Gasteiger partial charge is 0.418 e. The summed E-state index contributed by atoms with van der Waals surface area (Å²) in [6.45, 7) is -0.840. The number of carbonyl (C=O) groups is 1. The molecule has 116 valence electrons. The maximum absolute atomic E-state index is 13.0. The molecular weight excluding hydrogens is 297 g/mol. The van der Waals surface area contributed by atoms with Crippen molar-refractivity contribution in [2.24, 2.45) is 0 Å². The molecule has 0 aromatic heterocycles. The summed E-state index contributed by atoms with van der Waals surface area (Å²) in [5, 5.41) is 8.45. The van der Waals surface area contributed by atoms with E-state index in [1.807, 2.05) is 0 Å². The number of benzene rings is 1. The molecule has 21 heavy (non-hydrogen) atoms. The molecule has 0 atom stereocenters. The average molecular weight is 309 g/mol. The molecule has 0 aliphatic carbocycles. The van der Waals surface area contributed by atoms with E-state index in [1.54, 1.807) is 0 Å². The number of hydrogen-bond donors (Lipinski definition) is 1. The number of rotatable bonds is 5. The number of halogens is 5. The van der Waals surface area contributed by atoms with Gasteiger partial charge in [-0.25, -0.2) is 13.6 Å². The van der Waals surface area contributed by atoms with Crippen LogP contribution in [0.25, 0.3) is 6.08 Å². The number of nitrogens with zero attached hydrogens (tertiary/aromatic N) is 1. The Balaban J connectivity index is 3.23. The zero-order valence-corrected chi connectivity index (χ0v) is 10.9. The van der Waals surface area contributed by atoms with Gasteiger partial charge in [-0.1, -0.05) is 6.07 Å². The summed E-state index contributed by atoms with van der Waals surface area (Å²) in [7, 11) is 1.13. The minimum absolute atomic E-state index is 0.0129. The fraction of sp³-hybridized carbons (Fsp3) is 0.308. The molecule has 0 spiro atoms. The van der Waals surface area contributed by atoms with E-state index in [0.29, 0.717) is 6.08 Å². The molecule has 0 bridgehead atoms. The molecular formula is C13H12F5NO2. The molecule has 0 aliphatic heterocycles. The zero-order valence-electron chi connectivity index (χ0n) is 10.9. The lowest BCUT2D eigenvalue weighted by Crippen LogP contribution is -2.26. The van der Waals surface area contributed by atoms with Crippen molar-refractivity contribution < 1.29 is 31.9 Å². The molecule has 0 amide bonds. The van der Waals surface area contributed by atoms with Crippen molar-refractivity contribution in [2.75, 3.05) is 18.5 Å². The first-order valence-electron chi connectivity index (χ1n) is 5.73. The van der Waals surface area contributed by atoms with Crippen molar-refractivity contribution in [2.45, 2.75) is 12.6 Å². The summed E-state index contributed by atoms with van der Waals surface area (Å²) in [6, 6.07) is 2.98. The first-order valence-corrected chi connectivity index (χ1v) is 5.73. The van der Waals surface area contributed by atoms with Gasteiger partial charge in [0, 0.05) is 18.8 Å². The second-order valence-electron chi connectivity index (χ2n) is 4.22. The molecule has 0 heterocycles. The number of anilines is 1. The van der Waals surface area contributed by atoms with Crippen molar-refractivity contribution >= 4 is 17.7 Å². The minimum atomic E-state index is -4.74. The summed E-state index contributed by atoms with van der Waals surface area (Å²) >= 11 is 0. The van der Waals surface area contributed by atoms with Gasteiger partial charge in [0.25, 0.3) is 6.43 Å². The predicted molar refractivity (Wildman–Crippen MR) is 67.4 cm³/mol. The lowest BCUT2D eigenvalue weighted by Gasteiger charge is -2.23. The Hall–Kier alpha value is -2.12. The summed E-state index contributed by atoms with van der Waals surface area (Å²) in [6.07, 6.45) is -5.83. The topological polar surface area (TPSA) is 40.5 Å². The van der Waals surface area contributed by atoms with E-state index < -0.39 is 36.4 Å². The highest BCUT2D eigenvalue weighted by atomic mass is 19.4. The van der Waals surface area contributed by atoms with E-state index in [2.05, 4.69) is 0 Å². The van der Waals surface area contributed by atoms with Crippen LogP contribution in [0.4, 0.5) is 27.6 Å². The number of carboxylic acid groups (broad SMARTS) is 1. The highest BCUT2D eigenvalue weighted by Gasteiger charge is 2.34. The third kappa shape index (κ3) is 5.05. The van der Waals surface area contributed by atoms with Gasteiger partial charge in [0.2, 0.25) is 0 Å². The summed E-state index contributed by atoms with van der Waals surface area (Å²) in [4.78, 5) is 11.2. The molecule has 0 aliphatic rings. The standard InChI is InChI=1S/C13H12F5NO2/c1-19(7-11(14)15)10-4-2-8(3-5-12(20)21)6-9(10)13(16,17)18/h2-6,11H,7H2,1H3,(H,20,21)/b5-3+. The Morgan fingerprint density at radius 3 is 2.48 bits per heavy atom. The molecule has 0 saturated carbocycles. The van der Waals surface area contributed by atoms with E-state index >= 15 is 0 Å². The van der Waals surface area contributed by atoms with Crippen LogP contribution >= 0.6 is 0 Å². The number of aliphatic carboxylic acids is 1. The van der Waals surface area contributed by atoms with E-state index in [0.717, 1.165) is 30.2 Å². The molecule has 0 unspecified atom stereocenters. The molecule has 0 saturated heterocycles. The van der Waals surface area contributed by atoms with Crippen LogP contribution in [0.3, 0.4) is 0 Å². The third-order valence-electron chi connectivity index (χ3n) is 2.57. The van der Waals surface area contributed by atoms with Gasteiger partial charge >= 0.3 is 12.1 Å². The van der Waals surface area contributed by atoms with Gasteiger partial charge in [0.1, 0.15) is 0 Å². The second-order valence-corrected chi connectivity index (χ2v) is 4.22. The lowest BCUT2D eigenvalue weighted by molar-refractivity contribution is -0.137.